The van der Waals surface area contributed by atoms with Crippen LogP contribution in [0.2, 0.25) is 0 Å². The van der Waals surface area contributed by atoms with Gasteiger partial charge in [-0.25, -0.2) is 4.79 Å². The number of aliphatic carboxylic acids is 1. The highest BCUT2D eigenvalue weighted by atomic mass is 16.4. The van der Waals surface area contributed by atoms with E-state index >= 15 is 0 Å². The molecule has 21 heavy (non-hydrogen) atoms. The Morgan fingerprint density at radius 3 is 2.57 bits per heavy atom. The van der Waals surface area contributed by atoms with Gasteiger partial charge in [0.2, 0.25) is 12.0 Å². The first-order valence-electron chi connectivity index (χ1n) is 7.96. The highest BCUT2D eigenvalue weighted by Gasteiger charge is 2.40. The highest BCUT2D eigenvalue weighted by Crippen LogP contribution is 2.39. The molecule has 1 N–H and O–H groups in total. The molecule has 2 heterocycles. The number of carbonyl (C=O) groups is 1. The second-order valence-electron chi connectivity index (χ2n) is 5.75. The standard InChI is InChI=1S/C16H26N2O3/c1-3-4-5-6-7-8-9-11-18-13-10-12-21-15(13)17(2)14(18)16(19)20/h10,12,14H,3-9,11H2,1-2H3,(H,19,20). The van der Waals surface area contributed by atoms with Gasteiger partial charge in [0.1, 0.15) is 5.69 Å². The summed E-state index contributed by atoms with van der Waals surface area (Å²) < 4.78 is 5.39. The zero-order chi connectivity index (χ0) is 15.2. The lowest BCUT2D eigenvalue weighted by Gasteiger charge is -2.26. The number of unbranched alkanes of at least 4 members (excludes halogenated alkanes) is 6. The zero-order valence-electron chi connectivity index (χ0n) is 13.0. The van der Waals surface area contributed by atoms with Crippen LogP contribution in [0.25, 0.3) is 0 Å². The number of hydrogen-bond donors (Lipinski definition) is 1. The van der Waals surface area contributed by atoms with E-state index in [-0.39, 0.29) is 0 Å². The molecule has 1 atom stereocenters. The van der Waals surface area contributed by atoms with Crippen LogP contribution in [-0.4, -0.2) is 30.8 Å². The summed E-state index contributed by atoms with van der Waals surface area (Å²) in [4.78, 5) is 15.1. The van der Waals surface area contributed by atoms with Gasteiger partial charge in [0.05, 0.1) is 6.26 Å². The fraction of sp³-hybridized carbons (Fsp3) is 0.688. The van der Waals surface area contributed by atoms with Gasteiger partial charge in [-0.05, 0) is 6.42 Å². The number of likely N-dealkylation sites (N-methyl/N-ethyl adjacent to an activating group) is 1. The molecule has 1 aliphatic heterocycles. The fourth-order valence-corrected chi connectivity index (χ4v) is 3.01. The maximum absolute atomic E-state index is 11.5. The largest absolute Gasteiger partial charge is 0.478 e. The van der Waals surface area contributed by atoms with E-state index in [9.17, 15) is 9.90 Å². The number of rotatable bonds is 9. The first kappa shape index (κ1) is 15.7. The van der Waals surface area contributed by atoms with Crippen molar-refractivity contribution in [2.24, 2.45) is 0 Å². The molecule has 1 aromatic heterocycles. The van der Waals surface area contributed by atoms with Crippen molar-refractivity contribution in [3.63, 3.8) is 0 Å². The van der Waals surface area contributed by atoms with E-state index in [1.165, 1.54) is 32.1 Å². The summed E-state index contributed by atoms with van der Waals surface area (Å²) >= 11 is 0. The molecule has 0 aliphatic carbocycles. The van der Waals surface area contributed by atoms with E-state index in [1.54, 1.807) is 18.2 Å². The van der Waals surface area contributed by atoms with Gasteiger partial charge in [-0.2, -0.15) is 0 Å². The molecular formula is C16H26N2O3. The molecule has 0 aromatic carbocycles. The van der Waals surface area contributed by atoms with Crippen LogP contribution in [0.3, 0.4) is 0 Å². The molecule has 0 saturated heterocycles. The van der Waals surface area contributed by atoms with Crippen LogP contribution < -0.4 is 9.80 Å². The van der Waals surface area contributed by atoms with Crippen molar-refractivity contribution < 1.29 is 14.3 Å². The van der Waals surface area contributed by atoms with Crippen molar-refractivity contribution >= 4 is 17.5 Å². The van der Waals surface area contributed by atoms with Crippen LogP contribution in [0, 0.1) is 0 Å². The van der Waals surface area contributed by atoms with Gasteiger partial charge >= 0.3 is 5.97 Å². The monoisotopic (exact) mass is 294 g/mol. The first-order chi connectivity index (χ1) is 10.2. The third-order valence-electron chi connectivity index (χ3n) is 4.14. The van der Waals surface area contributed by atoms with E-state index in [0.717, 1.165) is 25.1 Å². The molecule has 118 valence electrons. The van der Waals surface area contributed by atoms with Crippen molar-refractivity contribution in [3.8, 4) is 0 Å². The predicted octanol–water partition coefficient (Wildman–Crippen LogP) is 3.70. The van der Waals surface area contributed by atoms with Crippen molar-refractivity contribution in [2.45, 2.75) is 58.0 Å². The van der Waals surface area contributed by atoms with Crippen LogP contribution >= 0.6 is 0 Å². The number of fused-ring (bicyclic) bond motifs is 1. The molecule has 1 aliphatic rings. The van der Waals surface area contributed by atoms with Gasteiger partial charge in [0.15, 0.2) is 0 Å². The van der Waals surface area contributed by atoms with E-state index in [1.807, 2.05) is 11.0 Å². The molecular weight excluding hydrogens is 268 g/mol. The minimum Gasteiger partial charge on any atom is -0.478 e. The molecule has 1 aromatic rings. The second-order valence-corrected chi connectivity index (χ2v) is 5.75. The smallest absolute Gasteiger partial charge is 0.347 e. The SMILES string of the molecule is CCCCCCCCCN1c2ccoc2N(C)C1C(=O)O. The summed E-state index contributed by atoms with van der Waals surface area (Å²) in [5.74, 6) is -0.169. The van der Waals surface area contributed by atoms with Gasteiger partial charge in [-0.3, -0.25) is 0 Å². The third kappa shape index (κ3) is 3.52. The molecule has 0 saturated carbocycles. The van der Waals surface area contributed by atoms with E-state index < -0.39 is 12.1 Å². The van der Waals surface area contributed by atoms with Crippen LogP contribution in [-0.2, 0) is 4.79 Å². The number of nitrogens with zero attached hydrogens (tertiary/aromatic N) is 2. The lowest BCUT2D eigenvalue weighted by atomic mass is 10.1. The average molecular weight is 294 g/mol. The molecule has 0 bridgehead atoms. The van der Waals surface area contributed by atoms with Crippen LogP contribution in [0.1, 0.15) is 51.9 Å². The molecule has 0 fully saturated rings. The maximum Gasteiger partial charge on any atom is 0.347 e. The Morgan fingerprint density at radius 1 is 1.24 bits per heavy atom. The number of furan rings is 1. The Morgan fingerprint density at radius 2 is 1.90 bits per heavy atom. The number of carboxylic acids is 1. The lowest BCUT2D eigenvalue weighted by molar-refractivity contribution is -0.138. The zero-order valence-corrected chi connectivity index (χ0v) is 13.0. The fourth-order valence-electron chi connectivity index (χ4n) is 3.01. The maximum atomic E-state index is 11.5. The van der Waals surface area contributed by atoms with E-state index in [2.05, 4.69) is 6.92 Å². The summed E-state index contributed by atoms with van der Waals surface area (Å²) in [5, 5.41) is 9.42. The Balaban J connectivity index is 1.82. The second kappa shape index (κ2) is 7.38. The van der Waals surface area contributed by atoms with Crippen LogP contribution in [0.4, 0.5) is 11.6 Å². The topological polar surface area (TPSA) is 56.9 Å². The van der Waals surface area contributed by atoms with Crippen molar-refractivity contribution in [1.82, 2.24) is 0 Å². The lowest BCUT2D eigenvalue weighted by Crippen LogP contribution is -2.47. The number of carboxylic acid groups (broad SMARTS) is 1. The predicted molar refractivity (Wildman–Crippen MR) is 83.9 cm³/mol. The van der Waals surface area contributed by atoms with Gasteiger partial charge in [-0.1, -0.05) is 45.4 Å². The molecule has 0 spiro atoms. The normalized spacial score (nSPS) is 17.3. The van der Waals surface area contributed by atoms with Crippen molar-refractivity contribution in [3.05, 3.63) is 12.3 Å². The Bertz CT molecular complexity index is 458. The summed E-state index contributed by atoms with van der Waals surface area (Å²) in [5.41, 5.74) is 0.899. The molecule has 0 radical (unpaired) electrons. The number of anilines is 2. The summed E-state index contributed by atoms with van der Waals surface area (Å²) in [7, 11) is 1.77. The highest BCUT2D eigenvalue weighted by molar-refractivity contribution is 5.88. The van der Waals surface area contributed by atoms with Crippen LogP contribution in [0.15, 0.2) is 16.7 Å². The number of hydrogen-bond acceptors (Lipinski definition) is 4. The summed E-state index contributed by atoms with van der Waals surface area (Å²) in [6.07, 6.45) is 9.58. The molecule has 1 unspecified atom stereocenters. The minimum atomic E-state index is -0.827. The van der Waals surface area contributed by atoms with E-state index in [4.69, 9.17) is 4.42 Å². The third-order valence-corrected chi connectivity index (χ3v) is 4.14. The molecule has 0 amide bonds. The van der Waals surface area contributed by atoms with Gasteiger partial charge in [-0.15, -0.1) is 0 Å². The molecule has 2 rings (SSSR count). The van der Waals surface area contributed by atoms with Crippen molar-refractivity contribution in [2.75, 3.05) is 23.4 Å². The van der Waals surface area contributed by atoms with Gasteiger partial charge in [0, 0.05) is 19.7 Å². The Labute approximate surface area is 126 Å². The first-order valence-corrected chi connectivity index (χ1v) is 7.96. The quantitative estimate of drug-likeness (QED) is 0.704. The average Bonchev–Trinajstić information content (AvgIpc) is 3.01. The summed E-state index contributed by atoms with van der Waals surface area (Å²) in [6.45, 7) is 2.99. The molecule has 5 nitrogen and oxygen atoms in total. The minimum absolute atomic E-state index is 0.639. The van der Waals surface area contributed by atoms with Crippen molar-refractivity contribution in [1.29, 1.82) is 0 Å². The Hall–Kier alpha value is -1.65. The van der Waals surface area contributed by atoms with Gasteiger partial charge < -0.3 is 19.3 Å². The van der Waals surface area contributed by atoms with E-state index in [0.29, 0.717) is 5.88 Å². The molecule has 5 heteroatoms. The van der Waals surface area contributed by atoms with Crippen LogP contribution in [0.5, 0.6) is 0 Å². The Kier molecular flexibility index (Phi) is 5.53. The van der Waals surface area contributed by atoms with Gasteiger partial charge in [0.25, 0.3) is 0 Å². The summed E-state index contributed by atoms with van der Waals surface area (Å²) in [6, 6.07) is 1.86.